The van der Waals surface area contributed by atoms with Crippen molar-refractivity contribution in [2.24, 2.45) is 0 Å². The molecule has 2 heterocycles. The Bertz CT molecular complexity index is 747. The number of thioether (sulfide) groups is 1. The van der Waals surface area contributed by atoms with Crippen LogP contribution in [0.4, 0.5) is 5.82 Å². The molecule has 0 aromatic carbocycles. The molecule has 0 unspecified atom stereocenters. The van der Waals surface area contributed by atoms with Crippen LogP contribution in [0.1, 0.15) is 5.56 Å². The molecule has 0 aliphatic rings. The highest BCUT2D eigenvalue weighted by molar-refractivity contribution is 7.99. The summed E-state index contributed by atoms with van der Waals surface area (Å²) >= 11 is 7.33. The average Bonchev–Trinajstić information content (AvgIpc) is 2.65. The molecule has 1 amide bonds. The van der Waals surface area contributed by atoms with Crippen LogP contribution in [0.3, 0.4) is 0 Å². The first-order chi connectivity index (χ1) is 12.6. The maximum absolute atomic E-state index is 12.0. The Morgan fingerprint density at radius 1 is 1.31 bits per heavy atom. The summed E-state index contributed by atoms with van der Waals surface area (Å²) in [7, 11) is 0. The molecule has 1 N–H and O–H groups in total. The van der Waals surface area contributed by atoms with Crippen LogP contribution in [-0.2, 0) is 11.3 Å². The van der Waals surface area contributed by atoms with E-state index in [1.807, 2.05) is 17.0 Å². The van der Waals surface area contributed by atoms with E-state index in [-0.39, 0.29) is 11.7 Å². The van der Waals surface area contributed by atoms with Gasteiger partial charge >= 0.3 is 0 Å². The van der Waals surface area contributed by atoms with E-state index in [1.54, 1.807) is 30.6 Å². The quantitative estimate of drug-likeness (QED) is 0.291. The molecular weight excluding hydrogens is 370 g/mol. The minimum Gasteiger partial charge on any atom is -0.351 e. The van der Waals surface area contributed by atoms with Crippen LogP contribution in [0.15, 0.2) is 61.1 Å². The zero-order valence-corrected chi connectivity index (χ0v) is 15.8. The lowest BCUT2D eigenvalue weighted by Gasteiger charge is -2.20. The van der Waals surface area contributed by atoms with Gasteiger partial charge in [0.1, 0.15) is 11.0 Å². The van der Waals surface area contributed by atoms with Crippen molar-refractivity contribution in [3.8, 4) is 0 Å². The Hall–Kier alpha value is -2.38. The Morgan fingerprint density at radius 3 is 2.73 bits per heavy atom. The van der Waals surface area contributed by atoms with Gasteiger partial charge in [-0.05, 0) is 11.6 Å². The number of aromatic nitrogens is 3. The van der Waals surface area contributed by atoms with Gasteiger partial charge in [0.25, 0.3) is 0 Å². The first kappa shape index (κ1) is 19.9. The molecule has 6 nitrogen and oxygen atoms in total. The molecule has 0 saturated heterocycles. The minimum atomic E-state index is -0.113. The van der Waals surface area contributed by atoms with Crippen LogP contribution in [0.25, 0.3) is 0 Å². The summed E-state index contributed by atoms with van der Waals surface area (Å²) in [4.78, 5) is 26.6. The topological polar surface area (TPSA) is 71.0 Å². The minimum absolute atomic E-state index is 0.113. The van der Waals surface area contributed by atoms with Crippen LogP contribution < -0.4 is 10.2 Å². The summed E-state index contributed by atoms with van der Waals surface area (Å²) in [6, 6.07) is 5.41. The molecule has 0 bridgehead atoms. The van der Waals surface area contributed by atoms with Gasteiger partial charge < -0.3 is 10.2 Å². The van der Waals surface area contributed by atoms with E-state index in [0.29, 0.717) is 35.8 Å². The van der Waals surface area contributed by atoms with Crippen molar-refractivity contribution in [2.75, 3.05) is 23.7 Å². The summed E-state index contributed by atoms with van der Waals surface area (Å²) in [6.07, 6.45) is 6.96. The summed E-state index contributed by atoms with van der Waals surface area (Å²) in [5.41, 5.74) is 0.941. The second kappa shape index (κ2) is 10.6. The van der Waals surface area contributed by atoms with Gasteiger partial charge in [-0.2, -0.15) is 0 Å². The second-order valence-corrected chi connectivity index (χ2v) is 6.57. The molecule has 0 spiro atoms. The lowest BCUT2D eigenvalue weighted by molar-refractivity contribution is -0.118. The normalized spacial score (nSPS) is 10.2. The molecular formula is C18H20ClN5OS. The lowest BCUT2D eigenvalue weighted by Crippen LogP contribution is -2.25. The molecule has 0 fully saturated rings. The molecule has 8 heteroatoms. The van der Waals surface area contributed by atoms with Crippen LogP contribution in [0, 0.1) is 0 Å². The van der Waals surface area contributed by atoms with E-state index in [0.717, 1.165) is 5.56 Å². The van der Waals surface area contributed by atoms with E-state index in [1.165, 1.54) is 11.8 Å². The third kappa shape index (κ3) is 6.50. The number of pyridine rings is 1. The number of hydrogen-bond acceptors (Lipinski definition) is 6. The lowest BCUT2D eigenvalue weighted by atomic mass is 10.3. The number of halogens is 1. The Balaban J connectivity index is 1.94. The highest BCUT2D eigenvalue weighted by Gasteiger charge is 2.11. The maximum atomic E-state index is 12.0. The summed E-state index contributed by atoms with van der Waals surface area (Å²) in [6.45, 7) is 9.13. The number of nitrogens with one attached hydrogen (secondary N) is 1. The third-order valence-corrected chi connectivity index (χ3v) is 4.27. The molecule has 26 heavy (non-hydrogen) atoms. The van der Waals surface area contributed by atoms with Crippen molar-refractivity contribution in [2.45, 2.75) is 11.7 Å². The van der Waals surface area contributed by atoms with Crippen LogP contribution in [0.5, 0.6) is 0 Å². The fourth-order valence-electron chi connectivity index (χ4n) is 2.07. The molecule has 2 rings (SSSR count). The molecule has 0 aliphatic heterocycles. The van der Waals surface area contributed by atoms with Gasteiger partial charge in [0.15, 0.2) is 5.16 Å². The summed E-state index contributed by atoms with van der Waals surface area (Å²) < 4.78 is 0. The average molecular weight is 390 g/mol. The Kier molecular flexibility index (Phi) is 8.11. The molecule has 136 valence electrons. The number of carbonyl (C=O) groups excluding carboxylic acids is 1. The van der Waals surface area contributed by atoms with Crippen LogP contribution in [0.2, 0.25) is 5.15 Å². The van der Waals surface area contributed by atoms with Crippen molar-refractivity contribution in [3.63, 3.8) is 0 Å². The molecule has 0 radical (unpaired) electrons. The van der Waals surface area contributed by atoms with Gasteiger partial charge in [-0.1, -0.05) is 41.6 Å². The predicted octanol–water partition coefficient (Wildman–Crippen LogP) is 3.11. The van der Waals surface area contributed by atoms with E-state index < -0.39 is 0 Å². The van der Waals surface area contributed by atoms with Crippen molar-refractivity contribution in [3.05, 3.63) is 66.6 Å². The predicted molar refractivity (Wildman–Crippen MR) is 106 cm³/mol. The molecule has 0 aliphatic carbocycles. The van der Waals surface area contributed by atoms with Gasteiger partial charge in [0.2, 0.25) is 5.91 Å². The number of carbonyl (C=O) groups is 1. The fourth-order valence-corrected chi connectivity index (χ4v) is 2.98. The summed E-state index contributed by atoms with van der Waals surface area (Å²) in [5, 5.41) is 3.61. The number of anilines is 1. The van der Waals surface area contributed by atoms with Crippen LogP contribution >= 0.6 is 23.4 Å². The molecule has 2 aromatic heterocycles. The first-order valence-electron chi connectivity index (χ1n) is 7.92. The van der Waals surface area contributed by atoms with Crippen molar-refractivity contribution >= 4 is 35.1 Å². The van der Waals surface area contributed by atoms with Gasteiger partial charge in [-0.25, -0.2) is 9.97 Å². The monoisotopic (exact) mass is 389 g/mol. The van der Waals surface area contributed by atoms with E-state index in [4.69, 9.17) is 11.6 Å². The SMILES string of the molecule is C=CCN(CC=C)c1cc(Cl)nc(SCC(=O)NCc2cccnc2)n1. The van der Waals surface area contributed by atoms with Crippen molar-refractivity contribution < 1.29 is 4.79 Å². The van der Waals surface area contributed by atoms with E-state index in [9.17, 15) is 4.79 Å². The van der Waals surface area contributed by atoms with E-state index >= 15 is 0 Å². The second-order valence-electron chi connectivity index (χ2n) is 5.24. The standard InChI is InChI=1S/C18H20ClN5OS/c1-3-8-24(9-4-2)16-10-15(19)22-18(23-16)26-13-17(25)21-12-14-6-5-7-20-11-14/h3-7,10-11H,1-2,8-9,12-13H2,(H,21,25). The number of rotatable bonds is 10. The molecule has 2 aromatic rings. The third-order valence-electron chi connectivity index (χ3n) is 3.23. The molecule has 0 saturated carbocycles. The zero-order valence-electron chi connectivity index (χ0n) is 14.3. The zero-order chi connectivity index (χ0) is 18.8. The van der Waals surface area contributed by atoms with Crippen LogP contribution in [-0.4, -0.2) is 39.7 Å². The van der Waals surface area contributed by atoms with Gasteiger partial charge in [-0.3, -0.25) is 9.78 Å². The van der Waals surface area contributed by atoms with Gasteiger partial charge in [0, 0.05) is 38.1 Å². The smallest absolute Gasteiger partial charge is 0.230 e. The molecule has 0 atom stereocenters. The largest absolute Gasteiger partial charge is 0.351 e. The number of nitrogens with zero attached hydrogens (tertiary/aromatic N) is 4. The van der Waals surface area contributed by atoms with Crippen molar-refractivity contribution in [1.82, 2.24) is 20.3 Å². The number of hydrogen-bond donors (Lipinski definition) is 1. The summed E-state index contributed by atoms with van der Waals surface area (Å²) in [5.74, 6) is 0.754. The highest BCUT2D eigenvalue weighted by atomic mass is 35.5. The fraction of sp³-hybridized carbons (Fsp3) is 0.222. The first-order valence-corrected chi connectivity index (χ1v) is 9.28. The Morgan fingerprint density at radius 2 is 2.08 bits per heavy atom. The van der Waals surface area contributed by atoms with Crippen molar-refractivity contribution in [1.29, 1.82) is 0 Å². The maximum Gasteiger partial charge on any atom is 0.230 e. The highest BCUT2D eigenvalue weighted by Crippen LogP contribution is 2.21. The number of amides is 1. The Labute approximate surface area is 162 Å². The van der Waals surface area contributed by atoms with Gasteiger partial charge in [0.05, 0.1) is 5.75 Å². The van der Waals surface area contributed by atoms with E-state index in [2.05, 4.69) is 33.4 Å². The van der Waals surface area contributed by atoms with Gasteiger partial charge in [-0.15, -0.1) is 13.2 Å².